The summed E-state index contributed by atoms with van der Waals surface area (Å²) in [5.41, 5.74) is 0. The lowest BCUT2D eigenvalue weighted by molar-refractivity contribution is 0.0588. The van der Waals surface area contributed by atoms with Crippen molar-refractivity contribution in [2.75, 3.05) is 19.6 Å². The van der Waals surface area contributed by atoms with E-state index < -0.39 is 6.43 Å². The van der Waals surface area contributed by atoms with Crippen molar-refractivity contribution in [1.82, 2.24) is 10.2 Å². The summed E-state index contributed by atoms with van der Waals surface area (Å²) in [6, 6.07) is 0.908. The predicted molar refractivity (Wildman–Crippen MR) is 79.1 cm³/mol. The van der Waals surface area contributed by atoms with Crippen molar-refractivity contribution >= 4 is 0 Å². The fraction of sp³-hybridized carbons (Fsp3) is 1.00. The molecule has 3 unspecified atom stereocenters. The Kier molecular flexibility index (Phi) is 5.79. The highest BCUT2D eigenvalue weighted by Crippen LogP contribution is 2.39. The lowest BCUT2D eigenvalue weighted by Gasteiger charge is -2.43. The van der Waals surface area contributed by atoms with Crippen LogP contribution in [0.5, 0.6) is 0 Å². The van der Waals surface area contributed by atoms with Crippen molar-refractivity contribution in [3.8, 4) is 0 Å². The lowest BCUT2D eigenvalue weighted by atomic mass is 9.84. The fourth-order valence-electron chi connectivity index (χ4n) is 3.70. The molecule has 1 saturated heterocycles. The number of rotatable bonds is 7. The Morgan fingerprint density at radius 2 is 1.85 bits per heavy atom. The van der Waals surface area contributed by atoms with Crippen LogP contribution in [0, 0.1) is 17.8 Å². The molecule has 1 aliphatic carbocycles. The molecule has 118 valence electrons. The predicted octanol–water partition coefficient (Wildman–Crippen LogP) is 3.38. The molecule has 0 spiro atoms. The van der Waals surface area contributed by atoms with Crippen LogP contribution in [0.3, 0.4) is 0 Å². The van der Waals surface area contributed by atoms with Crippen molar-refractivity contribution in [2.45, 2.75) is 65.0 Å². The molecule has 0 amide bonds. The zero-order valence-electron chi connectivity index (χ0n) is 13.1. The van der Waals surface area contributed by atoms with Crippen LogP contribution in [0.25, 0.3) is 0 Å². The number of nitrogens with one attached hydrogen (secondary N) is 1. The molecule has 0 aromatic rings. The van der Waals surface area contributed by atoms with Crippen LogP contribution in [0.1, 0.15) is 46.5 Å². The molecule has 3 atom stereocenters. The van der Waals surface area contributed by atoms with Crippen LogP contribution in [-0.2, 0) is 0 Å². The number of hydrogen-bond acceptors (Lipinski definition) is 2. The molecule has 0 radical (unpaired) electrons. The molecule has 2 nitrogen and oxygen atoms in total. The van der Waals surface area contributed by atoms with Gasteiger partial charge in [0.25, 0.3) is 6.43 Å². The average molecular weight is 288 g/mol. The highest BCUT2D eigenvalue weighted by atomic mass is 19.3. The number of hydrogen-bond donors (Lipinski definition) is 1. The van der Waals surface area contributed by atoms with Crippen LogP contribution in [0.15, 0.2) is 0 Å². The molecule has 1 N–H and O–H groups in total. The van der Waals surface area contributed by atoms with Gasteiger partial charge in [0.15, 0.2) is 0 Å². The number of piperidine rings is 1. The summed E-state index contributed by atoms with van der Waals surface area (Å²) < 4.78 is 24.9. The van der Waals surface area contributed by atoms with Crippen molar-refractivity contribution in [3.63, 3.8) is 0 Å². The SMILES string of the molecule is CCC(C1CC1)N1CC(NCC(F)F)CC(C(C)C)C1. The number of halogens is 2. The molecule has 1 saturated carbocycles. The van der Waals surface area contributed by atoms with E-state index in [-0.39, 0.29) is 12.6 Å². The fourth-order valence-corrected chi connectivity index (χ4v) is 3.70. The van der Waals surface area contributed by atoms with Gasteiger partial charge in [-0.25, -0.2) is 8.78 Å². The summed E-state index contributed by atoms with van der Waals surface area (Å²) in [7, 11) is 0. The van der Waals surface area contributed by atoms with Crippen molar-refractivity contribution in [2.24, 2.45) is 17.8 Å². The summed E-state index contributed by atoms with van der Waals surface area (Å²) in [5.74, 6) is 2.12. The first-order chi connectivity index (χ1) is 9.51. The standard InChI is InChI=1S/C16H30F2N2/c1-4-15(12-5-6-12)20-9-13(11(2)3)7-14(10-20)19-8-16(17)18/h11-16,19H,4-10H2,1-3H3. The number of nitrogens with zero attached hydrogens (tertiary/aromatic N) is 1. The van der Waals surface area contributed by atoms with Crippen LogP contribution < -0.4 is 5.32 Å². The third-order valence-corrected chi connectivity index (χ3v) is 5.07. The monoisotopic (exact) mass is 288 g/mol. The third kappa shape index (κ3) is 4.39. The average Bonchev–Trinajstić information content (AvgIpc) is 3.21. The van der Waals surface area contributed by atoms with E-state index >= 15 is 0 Å². The summed E-state index contributed by atoms with van der Waals surface area (Å²) in [6.45, 7) is 8.73. The molecular weight excluding hydrogens is 258 g/mol. The van der Waals surface area contributed by atoms with Gasteiger partial charge in [0.05, 0.1) is 6.54 Å². The second-order valence-corrected chi connectivity index (χ2v) is 7.00. The molecule has 2 aliphatic rings. The molecule has 0 aromatic carbocycles. The van der Waals surface area contributed by atoms with Crippen molar-refractivity contribution in [3.05, 3.63) is 0 Å². The first-order valence-corrected chi connectivity index (χ1v) is 8.26. The van der Waals surface area contributed by atoms with Gasteiger partial charge in [0.1, 0.15) is 0 Å². The van der Waals surface area contributed by atoms with Gasteiger partial charge in [-0.2, -0.15) is 0 Å². The number of alkyl halides is 2. The first-order valence-electron chi connectivity index (χ1n) is 8.26. The van der Waals surface area contributed by atoms with E-state index in [4.69, 9.17) is 0 Å². The van der Waals surface area contributed by atoms with Gasteiger partial charge in [-0.15, -0.1) is 0 Å². The molecule has 2 rings (SSSR count). The quantitative estimate of drug-likeness (QED) is 0.772. The molecule has 1 heterocycles. The van der Waals surface area contributed by atoms with Gasteiger partial charge < -0.3 is 5.32 Å². The van der Waals surface area contributed by atoms with E-state index in [2.05, 4.69) is 31.0 Å². The minimum Gasteiger partial charge on any atom is -0.307 e. The minimum absolute atomic E-state index is 0.163. The number of likely N-dealkylation sites (tertiary alicyclic amines) is 1. The van der Waals surface area contributed by atoms with Crippen molar-refractivity contribution < 1.29 is 8.78 Å². The molecule has 1 aliphatic heterocycles. The van der Waals surface area contributed by atoms with E-state index in [1.54, 1.807) is 0 Å². The first kappa shape index (κ1) is 16.2. The molecule has 0 bridgehead atoms. The zero-order valence-corrected chi connectivity index (χ0v) is 13.1. The largest absolute Gasteiger partial charge is 0.307 e. The summed E-state index contributed by atoms with van der Waals surface area (Å²) >= 11 is 0. The molecular formula is C16H30F2N2. The summed E-state index contributed by atoms with van der Waals surface area (Å²) in [4.78, 5) is 2.59. The Hall–Kier alpha value is -0.220. The van der Waals surface area contributed by atoms with E-state index in [1.165, 1.54) is 19.3 Å². The van der Waals surface area contributed by atoms with Crippen LogP contribution in [0.4, 0.5) is 8.78 Å². The van der Waals surface area contributed by atoms with Crippen LogP contribution >= 0.6 is 0 Å². The third-order valence-electron chi connectivity index (χ3n) is 5.07. The highest BCUT2D eigenvalue weighted by Gasteiger charge is 2.38. The minimum atomic E-state index is -2.24. The second kappa shape index (κ2) is 7.17. The van der Waals surface area contributed by atoms with Gasteiger partial charge in [0, 0.05) is 25.2 Å². The molecule has 4 heteroatoms. The lowest BCUT2D eigenvalue weighted by Crippen LogP contribution is -2.54. The Balaban J connectivity index is 1.96. The van der Waals surface area contributed by atoms with Gasteiger partial charge in [0.2, 0.25) is 0 Å². The van der Waals surface area contributed by atoms with Gasteiger partial charge in [-0.1, -0.05) is 20.8 Å². The Bertz CT molecular complexity index is 292. The van der Waals surface area contributed by atoms with Gasteiger partial charge in [-0.05, 0) is 43.4 Å². The van der Waals surface area contributed by atoms with E-state index in [0.717, 1.165) is 25.4 Å². The normalized spacial score (nSPS) is 30.1. The maximum Gasteiger partial charge on any atom is 0.250 e. The Labute approximate surface area is 122 Å². The molecule has 0 aromatic heterocycles. The van der Waals surface area contributed by atoms with E-state index in [0.29, 0.717) is 17.9 Å². The van der Waals surface area contributed by atoms with E-state index in [9.17, 15) is 8.78 Å². The topological polar surface area (TPSA) is 15.3 Å². The molecule has 2 fully saturated rings. The zero-order chi connectivity index (χ0) is 14.7. The highest BCUT2D eigenvalue weighted by molar-refractivity contribution is 4.93. The Morgan fingerprint density at radius 3 is 2.35 bits per heavy atom. The van der Waals surface area contributed by atoms with Crippen molar-refractivity contribution in [1.29, 1.82) is 0 Å². The maximum atomic E-state index is 12.4. The Morgan fingerprint density at radius 1 is 1.15 bits per heavy atom. The molecule has 20 heavy (non-hydrogen) atoms. The van der Waals surface area contributed by atoms with E-state index in [1.807, 2.05) is 0 Å². The van der Waals surface area contributed by atoms with Crippen LogP contribution in [-0.4, -0.2) is 43.0 Å². The second-order valence-electron chi connectivity index (χ2n) is 7.00. The van der Waals surface area contributed by atoms with Crippen LogP contribution in [0.2, 0.25) is 0 Å². The van der Waals surface area contributed by atoms with Gasteiger partial charge in [-0.3, -0.25) is 4.90 Å². The van der Waals surface area contributed by atoms with Gasteiger partial charge >= 0.3 is 0 Å². The summed E-state index contributed by atoms with van der Waals surface area (Å²) in [6.07, 6.45) is 2.71. The smallest absolute Gasteiger partial charge is 0.250 e. The summed E-state index contributed by atoms with van der Waals surface area (Å²) in [5, 5.41) is 3.08. The maximum absolute atomic E-state index is 12.4.